The molecule has 0 bridgehead atoms. The Bertz CT molecular complexity index is 607. The van der Waals surface area contributed by atoms with Gasteiger partial charge in [0.05, 0.1) is 5.69 Å². The Morgan fingerprint density at radius 1 is 1.28 bits per heavy atom. The summed E-state index contributed by atoms with van der Waals surface area (Å²) in [6.07, 6.45) is 1.64. The van der Waals surface area contributed by atoms with E-state index in [1.54, 1.807) is 24.4 Å². The first kappa shape index (κ1) is 12.0. The van der Waals surface area contributed by atoms with Crippen molar-refractivity contribution in [1.29, 1.82) is 0 Å². The summed E-state index contributed by atoms with van der Waals surface area (Å²) in [5.74, 6) is -0.275. The van der Waals surface area contributed by atoms with Crippen LogP contribution in [-0.4, -0.2) is 27.7 Å². The summed E-state index contributed by atoms with van der Waals surface area (Å²) in [6.45, 7) is -0.101. The van der Waals surface area contributed by atoms with E-state index in [1.807, 2.05) is 6.07 Å². The third-order valence-electron chi connectivity index (χ3n) is 2.37. The van der Waals surface area contributed by atoms with Crippen LogP contribution in [0.1, 0.15) is 0 Å². The van der Waals surface area contributed by atoms with E-state index < -0.39 is 0 Å². The highest BCUT2D eigenvalue weighted by molar-refractivity contribution is 5.75. The molecule has 0 radical (unpaired) electrons. The number of hydrogen-bond acceptors (Lipinski definition) is 4. The van der Waals surface area contributed by atoms with Gasteiger partial charge >= 0.3 is 0 Å². The number of carbonyl (C=O) groups is 1. The standard InChI is InChI=1S/C12H12N4O2/c1-13-11(17)8-16-12(18)6-5-10(15-16)9-4-2-3-7-14-9/h2-7H,8H2,1H3,(H,13,17). The minimum atomic E-state index is -0.321. The lowest BCUT2D eigenvalue weighted by Crippen LogP contribution is -2.31. The molecule has 0 saturated heterocycles. The maximum atomic E-state index is 11.6. The average Bonchev–Trinajstić information content (AvgIpc) is 2.42. The summed E-state index contributed by atoms with van der Waals surface area (Å²) in [5.41, 5.74) is 0.889. The molecule has 0 spiro atoms. The highest BCUT2D eigenvalue weighted by atomic mass is 16.2. The Hall–Kier alpha value is -2.50. The molecule has 0 atom stereocenters. The number of nitrogens with one attached hydrogen (secondary N) is 1. The Balaban J connectivity index is 2.38. The third kappa shape index (κ3) is 2.60. The van der Waals surface area contributed by atoms with Gasteiger partial charge in [-0.05, 0) is 18.2 Å². The molecule has 1 amide bonds. The molecular formula is C12H12N4O2. The number of hydrogen-bond donors (Lipinski definition) is 1. The smallest absolute Gasteiger partial charge is 0.267 e. The molecule has 2 aromatic rings. The van der Waals surface area contributed by atoms with E-state index in [0.29, 0.717) is 11.4 Å². The van der Waals surface area contributed by atoms with Crippen molar-refractivity contribution in [2.24, 2.45) is 0 Å². The zero-order valence-electron chi connectivity index (χ0n) is 9.83. The van der Waals surface area contributed by atoms with Crippen molar-refractivity contribution in [3.63, 3.8) is 0 Å². The van der Waals surface area contributed by atoms with Gasteiger partial charge in [0.25, 0.3) is 5.56 Å². The molecule has 2 heterocycles. The van der Waals surface area contributed by atoms with Crippen molar-refractivity contribution in [3.05, 3.63) is 46.9 Å². The normalized spacial score (nSPS) is 10.1. The third-order valence-corrected chi connectivity index (χ3v) is 2.37. The molecular weight excluding hydrogens is 232 g/mol. The Morgan fingerprint density at radius 3 is 2.78 bits per heavy atom. The predicted octanol–water partition coefficient (Wildman–Crippen LogP) is 0.0513. The summed E-state index contributed by atoms with van der Waals surface area (Å²) < 4.78 is 1.11. The quantitative estimate of drug-likeness (QED) is 0.827. The van der Waals surface area contributed by atoms with E-state index in [2.05, 4.69) is 15.4 Å². The van der Waals surface area contributed by atoms with E-state index in [9.17, 15) is 9.59 Å². The van der Waals surface area contributed by atoms with Gasteiger partial charge in [-0.2, -0.15) is 5.10 Å². The SMILES string of the molecule is CNC(=O)Cn1nc(-c2ccccn2)ccc1=O. The summed E-state index contributed by atoms with van der Waals surface area (Å²) in [6, 6.07) is 8.38. The molecule has 6 heteroatoms. The average molecular weight is 244 g/mol. The second-order valence-electron chi connectivity index (χ2n) is 3.60. The maximum absolute atomic E-state index is 11.6. The van der Waals surface area contributed by atoms with E-state index >= 15 is 0 Å². The number of aromatic nitrogens is 3. The fraction of sp³-hybridized carbons (Fsp3) is 0.167. The van der Waals surface area contributed by atoms with Gasteiger partial charge in [-0.3, -0.25) is 14.6 Å². The maximum Gasteiger partial charge on any atom is 0.267 e. The van der Waals surface area contributed by atoms with Gasteiger partial charge in [0.15, 0.2) is 0 Å². The lowest BCUT2D eigenvalue weighted by molar-refractivity contribution is -0.121. The van der Waals surface area contributed by atoms with Crippen molar-refractivity contribution in [3.8, 4) is 11.4 Å². The second kappa shape index (κ2) is 5.22. The largest absolute Gasteiger partial charge is 0.358 e. The Kier molecular flexibility index (Phi) is 3.47. The highest BCUT2D eigenvalue weighted by Crippen LogP contribution is 2.10. The van der Waals surface area contributed by atoms with Crippen LogP contribution < -0.4 is 10.9 Å². The van der Waals surface area contributed by atoms with Crippen LogP contribution in [0.4, 0.5) is 0 Å². The summed E-state index contributed by atoms with van der Waals surface area (Å²) in [7, 11) is 1.51. The fourth-order valence-corrected chi connectivity index (χ4v) is 1.43. The van der Waals surface area contributed by atoms with Gasteiger partial charge in [0, 0.05) is 19.3 Å². The zero-order valence-corrected chi connectivity index (χ0v) is 9.83. The molecule has 0 saturated carbocycles. The molecule has 0 unspecified atom stereocenters. The molecule has 0 aliphatic heterocycles. The molecule has 18 heavy (non-hydrogen) atoms. The van der Waals surface area contributed by atoms with Crippen LogP contribution in [0.2, 0.25) is 0 Å². The second-order valence-corrected chi connectivity index (χ2v) is 3.60. The minimum Gasteiger partial charge on any atom is -0.358 e. The monoisotopic (exact) mass is 244 g/mol. The van der Waals surface area contributed by atoms with Crippen LogP contribution in [0.15, 0.2) is 41.3 Å². The number of carbonyl (C=O) groups excluding carboxylic acids is 1. The number of rotatable bonds is 3. The first-order valence-corrected chi connectivity index (χ1v) is 5.41. The van der Waals surface area contributed by atoms with Crippen molar-refractivity contribution in [2.45, 2.75) is 6.54 Å². The molecule has 1 N–H and O–H groups in total. The van der Waals surface area contributed by atoms with Gasteiger partial charge in [0.2, 0.25) is 5.91 Å². The van der Waals surface area contributed by atoms with Crippen LogP contribution in [-0.2, 0) is 11.3 Å². The van der Waals surface area contributed by atoms with E-state index in [1.165, 1.54) is 13.1 Å². The molecule has 0 aliphatic rings. The minimum absolute atomic E-state index is 0.101. The van der Waals surface area contributed by atoms with E-state index in [-0.39, 0.29) is 18.0 Å². The van der Waals surface area contributed by atoms with Crippen LogP contribution >= 0.6 is 0 Å². The van der Waals surface area contributed by atoms with Gasteiger partial charge in [-0.15, -0.1) is 0 Å². The highest BCUT2D eigenvalue weighted by Gasteiger charge is 2.06. The Labute approximate surface area is 103 Å². The van der Waals surface area contributed by atoms with Crippen molar-refractivity contribution in [2.75, 3.05) is 7.05 Å². The van der Waals surface area contributed by atoms with Gasteiger partial charge in [-0.25, -0.2) is 4.68 Å². The van der Waals surface area contributed by atoms with Crippen molar-refractivity contribution >= 4 is 5.91 Å². The Morgan fingerprint density at radius 2 is 2.11 bits per heavy atom. The van der Waals surface area contributed by atoms with Crippen LogP contribution in [0.25, 0.3) is 11.4 Å². The number of nitrogens with zero attached hydrogens (tertiary/aromatic N) is 3. The van der Waals surface area contributed by atoms with Crippen LogP contribution in [0, 0.1) is 0 Å². The molecule has 6 nitrogen and oxygen atoms in total. The lowest BCUT2D eigenvalue weighted by Gasteiger charge is -2.05. The van der Waals surface area contributed by atoms with Crippen LogP contribution in [0.3, 0.4) is 0 Å². The van der Waals surface area contributed by atoms with Gasteiger partial charge in [-0.1, -0.05) is 6.07 Å². The molecule has 2 aromatic heterocycles. The van der Waals surface area contributed by atoms with Crippen molar-refractivity contribution in [1.82, 2.24) is 20.1 Å². The predicted molar refractivity (Wildman–Crippen MR) is 65.8 cm³/mol. The first-order valence-electron chi connectivity index (χ1n) is 5.41. The van der Waals surface area contributed by atoms with Gasteiger partial charge in [0.1, 0.15) is 12.2 Å². The van der Waals surface area contributed by atoms with E-state index in [0.717, 1.165) is 4.68 Å². The molecule has 0 aromatic carbocycles. The van der Waals surface area contributed by atoms with E-state index in [4.69, 9.17) is 0 Å². The number of amides is 1. The number of pyridine rings is 1. The summed E-state index contributed by atoms with van der Waals surface area (Å²) in [5, 5.41) is 6.56. The molecule has 0 aliphatic carbocycles. The first-order chi connectivity index (χ1) is 8.70. The fourth-order valence-electron chi connectivity index (χ4n) is 1.43. The van der Waals surface area contributed by atoms with Gasteiger partial charge < -0.3 is 5.32 Å². The molecule has 2 rings (SSSR count). The number of likely N-dealkylation sites (N-methyl/N-ethyl adjacent to an activating group) is 1. The molecule has 0 fully saturated rings. The van der Waals surface area contributed by atoms with Crippen LogP contribution in [0.5, 0.6) is 0 Å². The summed E-state index contributed by atoms with van der Waals surface area (Å²) in [4.78, 5) is 26.9. The topological polar surface area (TPSA) is 76.9 Å². The zero-order chi connectivity index (χ0) is 13.0. The summed E-state index contributed by atoms with van der Waals surface area (Å²) >= 11 is 0. The van der Waals surface area contributed by atoms with Crippen molar-refractivity contribution < 1.29 is 4.79 Å². The molecule has 92 valence electrons. The lowest BCUT2D eigenvalue weighted by atomic mass is 10.2.